The molecule has 20 heavy (non-hydrogen) atoms. The van der Waals surface area contributed by atoms with Crippen LogP contribution in [0.1, 0.15) is 32.4 Å². The van der Waals surface area contributed by atoms with Gasteiger partial charge < -0.3 is 18.0 Å². The van der Waals surface area contributed by atoms with Crippen LogP contribution in [0.25, 0.3) is 0 Å². The second kappa shape index (κ2) is 9.26. The Morgan fingerprint density at radius 3 is 1.80 bits per heavy atom. The first kappa shape index (κ1) is 17.3. The molecule has 0 aliphatic heterocycles. The van der Waals surface area contributed by atoms with Crippen LogP contribution in [0.5, 0.6) is 0 Å². The van der Waals surface area contributed by atoms with Gasteiger partial charge in [-0.25, -0.2) is 0 Å². The summed E-state index contributed by atoms with van der Waals surface area (Å²) in [7, 11) is -0.978. The van der Waals surface area contributed by atoms with Crippen molar-refractivity contribution >= 4 is 8.80 Å². The molecule has 4 nitrogen and oxygen atoms in total. The van der Waals surface area contributed by atoms with Crippen molar-refractivity contribution in [2.45, 2.75) is 32.9 Å². The number of rotatable bonds is 10. The SMILES string of the molecule is CCO[Si](CC(OC)c1ccccc1)(OCC)OCC. The topological polar surface area (TPSA) is 36.9 Å². The molecular weight excluding hydrogens is 272 g/mol. The highest BCUT2D eigenvalue weighted by Crippen LogP contribution is 2.29. The lowest BCUT2D eigenvalue weighted by Gasteiger charge is -2.31. The Balaban J connectivity index is 2.89. The first-order valence-electron chi connectivity index (χ1n) is 7.20. The van der Waals surface area contributed by atoms with Crippen LogP contribution in [0.3, 0.4) is 0 Å². The van der Waals surface area contributed by atoms with Crippen LogP contribution in [0.4, 0.5) is 0 Å². The highest BCUT2D eigenvalue weighted by Gasteiger charge is 2.43. The van der Waals surface area contributed by atoms with Gasteiger partial charge in [0.05, 0.1) is 6.10 Å². The molecule has 1 aromatic carbocycles. The van der Waals surface area contributed by atoms with Gasteiger partial charge in [-0.3, -0.25) is 0 Å². The van der Waals surface area contributed by atoms with E-state index in [2.05, 4.69) is 12.1 Å². The molecule has 0 aliphatic carbocycles. The standard InChI is InChI=1S/C15H26O4Si/c1-5-17-20(18-6-2,19-7-3)13-15(16-4)14-11-9-8-10-12-14/h8-12,15H,5-7,13H2,1-4H3. The minimum atomic E-state index is -2.69. The van der Waals surface area contributed by atoms with Crippen LogP contribution in [0.2, 0.25) is 6.04 Å². The van der Waals surface area contributed by atoms with Crippen molar-refractivity contribution in [3.63, 3.8) is 0 Å². The molecule has 0 N–H and O–H groups in total. The minimum absolute atomic E-state index is 0.0764. The molecular formula is C15H26O4Si. The van der Waals surface area contributed by atoms with Crippen LogP contribution in [0, 0.1) is 0 Å². The van der Waals surface area contributed by atoms with Crippen molar-refractivity contribution in [3.8, 4) is 0 Å². The van der Waals surface area contributed by atoms with E-state index in [0.717, 1.165) is 5.56 Å². The highest BCUT2D eigenvalue weighted by atomic mass is 28.4. The predicted octanol–water partition coefficient (Wildman–Crippen LogP) is 3.42. The molecule has 5 heteroatoms. The summed E-state index contributed by atoms with van der Waals surface area (Å²) in [4.78, 5) is 0. The Kier molecular flexibility index (Phi) is 8.02. The van der Waals surface area contributed by atoms with E-state index in [1.54, 1.807) is 7.11 Å². The zero-order chi connectivity index (χ0) is 14.8. The normalized spacial score (nSPS) is 13.4. The van der Waals surface area contributed by atoms with Gasteiger partial charge in [0.2, 0.25) is 0 Å². The molecule has 0 bridgehead atoms. The zero-order valence-electron chi connectivity index (χ0n) is 12.9. The maximum Gasteiger partial charge on any atom is 0.503 e. The Hall–Kier alpha value is -0.723. The van der Waals surface area contributed by atoms with Crippen molar-refractivity contribution in [1.29, 1.82) is 0 Å². The second-order valence-electron chi connectivity index (χ2n) is 4.32. The van der Waals surface area contributed by atoms with Crippen LogP contribution in [-0.2, 0) is 18.0 Å². The molecule has 1 aromatic rings. The smallest absolute Gasteiger partial charge is 0.377 e. The third-order valence-electron chi connectivity index (χ3n) is 2.98. The maximum atomic E-state index is 5.88. The third-order valence-corrected chi connectivity index (χ3v) is 6.04. The molecule has 1 unspecified atom stereocenters. The van der Waals surface area contributed by atoms with Gasteiger partial charge in [0.25, 0.3) is 0 Å². The van der Waals surface area contributed by atoms with Gasteiger partial charge in [-0.1, -0.05) is 30.3 Å². The molecule has 0 aromatic heterocycles. The first-order chi connectivity index (χ1) is 9.71. The number of hydrogen-bond donors (Lipinski definition) is 0. The fraction of sp³-hybridized carbons (Fsp3) is 0.600. The summed E-state index contributed by atoms with van der Waals surface area (Å²) in [6.45, 7) is 7.63. The number of methoxy groups -OCH3 is 1. The lowest BCUT2D eigenvalue weighted by Crippen LogP contribution is -2.47. The van der Waals surface area contributed by atoms with E-state index < -0.39 is 8.80 Å². The van der Waals surface area contributed by atoms with Gasteiger partial charge in [-0.15, -0.1) is 0 Å². The van der Waals surface area contributed by atoms with Gasteiger partial charge in [-0.2, -0.15) is 0 Å². The Morgan fingerprint density at radius 2 is 1.40 bits per heavy atom. The summed E-state index contributed by atoms with van der Waals surface area (Å²) in [5.74, 6) is 0. The molecule has 0 saturated heterocycles. The summed E-state index contributed by atoms with van der Waals surface area (Å²) in [5.41, 5.74) is 1.12. The Morgan fingerprint density at radius 1 is 0.900 bits per heavy atom. The molecule has 0 saturated carbocycles. The maximum absolute atomic E-state index is 5.88. The summed E-state index contributed by atoms with van der Waals surface area (Å²) in [6, 6.07) is 10.7. The number of ether oxygens (including phenoxy) is 1. The predicted molar refractivity (Wildman–Crippen MR) is 81.6 cm³/mol. The lowest BCUT2D eigenvalue weighted by molar-refractivity contribution is 0.0437. The van der Waals surface area contributed by atoms with Crippen molar-refractivity contribution in [2.75, 3.05) is 26.9 Å². The average molecular weight is 298 g/mol. The fourth-order valence-corrected chi connectivity index (χ4v) is 4.97. The van der Waals surface area contributed by atoms with E-state index in [1.807, 2.05) is 39.0 Å². The molecule has 114 valence electrons. The van der Waals surface area contributed by atoms with Crippen LogP contribution >= 0.6 is 0 Å². The van der Waals surface area contributed by atoms with E-state index in [9.17, 15) is 0 Å². The van der Waals surface area contributed by atoms with Gasteiger partial charge in [-0.05, 0) is 26.3 Å². The summed E-state index contributed by atoms with van der Waals surface area (Å²) < 4.78 is 23.3. The Bertz CT molecular complexity index is 341. The molecule has 0 aliphatic rings. The molecule has 0 amide bonds. The van der Waals surface area contributed by atoms with E-state index in [4.69, 9.17) is 18.0 Å². The largest absolute Gasteiger partial charge is 0.503 e. The fourth-order valence-electron chi connectivity index (χ4n) is 2.19. The molecule has 1 rings (SSSR count). The summed E-state index contributed by atoms with van der Waals surface area (Å²) in [5, 5.41) is 0. The van der Waals surface area contributed by atoms with Gasteiger partial charge in [0, 0.05) is 33.0 Å². The number of benzene rings is 1. The van der Waals surface area contributed by atoms with Gasteiger partial charge in [0.1, 0.15) is 0 Å². The summed E-state index contributed by atoms with van der Waals surface area (Å²) >= 11 is 0. The highest BCUT2D eigenvalue weighted by molar-refractivity contribution is 6.60. The van der Waals surface area contributed by atoms with Crippen LogP contribution < -0.4 is 0 Å². The van der Waals surface area contributed by atoms with Gasteiger partial charge in [0.15, 0.2) is 0 Å². The zero-order valence-corrected chi connectivity index (χ0v) is 13.9. The van der Waals surface area contributed by atoms with E-state index in [1.165, 1.54) is 0 Å². The molecule has 0 heterocycles. The molecule has 0 fully saturated rings. The van der Waals surface area contributed by atoms with Crippen molar-refractivity contribution < 1.29 is 18.0 Å². The van der Waals surface area contributed by atoms with Crippen LogP contribution in [-0.4, -0.2) is 35.7 Å². The molecule has 0 spiro atoms. The average Bonchev–Trinajstić information content (AvgIpc) is 2.46. The van der Waals surface area contributed by atoms with Crippen molar-refractivity contribution in [1.82, 2.24) is 0 Å². The molecule has 0 radical (unpaired) electrons. The Labute approximate surface area is 123 Å². The first-order valence-corrected chi connectivity index (χ1v) is 9.14. The van der Waals surface area contributed by atoms with Gasteiger partial charge >= 0.3 is 8.80 Å². The second-order valence-corrected chi connectivity index (χ2v) is 6.96. The molecule has 1 atom stereocenters. The quantitative estimate of drug-likeness (QED) is 0.620. The third kappa shape index (κ3) is 4.99. The lowest BCUT2D eigenvalue weighted by atomic mass is 10.1. The van der Waals surface area contributed by atoms with Crippen molar-refractivity contribution in [3.05, 3.63) is 35.9 Å². The minimum Gasteiger partial charge on any atom is -0.377 e. The van der Waals surface area contributed by atoms with E-state index >= 15 is 0 Å². The summed E-state index contributed by atoms with van der Waals surface area (Å²) in [6.07, 6.45) is -0.0764. The van der Waals surface area contributed by atoms with E-state index in [0.29, 0.717) is 25.9 Å². The van der Waals surface area contributed by atoms with Crippen molar-refractivity contribution in [2.24, 2.45) is 0 Å². The monoisotopic (exact) mass is 298 g/mol. The van der Waals surface area contributed by atoms with E-state index in [-0.39, 0.29) is 6.10 Å². The number of hydrogen-bond acceptors (Lipinski definition) is 4. The van der Waals surface area contributed by atoms with Crippen LogP contribution in [0.15, 0.2) is 30.3 Å².